The van der Waals surface area contributed by atoms with Gasteiger partial charge in [0.15, 0.2) is 0 Å². The van der Waals surface area contributed by atoms with E-state index in [1.807, 2.05) is 38.1 Å². The summed E-state index contributed by atoms with van der Waals surface area (Å²) in [4.78, 5) is 19.4. The Labute approximate surface area is 138 Å². The summed E-state index contributed by atoms with van der Waals surface area (Å²) in [6.45, 7) is 4.88. The van der Waals surface area contributed by atoms with E-state index in [0.717, 1.165) is 43.6 Å². The summed E-state index contributed by atoms with van der Waals surface area (Å²) in [7, 11) is 1.19. The minimum Gasteiger partial charge on any atom is -0.481 e. The molecule has 0 amide bonds. The molecule has 1 fully saturated rings. The lowest BCUT2D eigenvalue weighted by atomic mass is 9.82. The van der Waals surface area contributed by atoms with Crippen molar-refractivity contribution in [1.29, 1.82) is 0 Å². The molecule has 0 saturated heterocycles. The van der Waals surface area contributed by atoms with Gasteiger partial charge in [0.1, 0.15) is 0 Å². The molecule has 6 nitrogen and oxygen atoms in total. The van der Waals surface area contributed by atoms with Crippen LogP contribution < -0.4 is 11.1 Å². The fourth-order valence-corrected chi connectivity index (χ4v) is 2.53. The number of carbonyl (C=O) groups is 1. The first-order valence-corrected chi connectivity index (χ1v) is 8.11. The number of nitroso groups, excluding NO2 is 1. The molecule has 1 aliphatic rings. The molecule has 0 bridgehead atoms. The molecule has 1 aromatic rings. The molecular formula is C17H29N3O3. The highest BCUT2D eigenvalue weighted by Gasteiger charge is 2.25. The Morgan fingerprint density at radius 2 is 1.78 bits per heavy atom. The second kappa shape index (κ2) is 12.4. The van der Waals surface area contributed by atoms with Gasteiger partial charge in [0.2, 0.25) is 0 Å². The summed E-state index contributed by atoms with van der Waals surface area (Å²) in [5, 5.41) is 14.5. The van der Waals surface area contributed by atoms with Crippen LogP contribution in [0.1, 0.15) is 39.5 Å². The van der Waals surface area contributed by atoms with Crippen LogP contribution in [0.5, 0.6) is 0 Å². The van der Waals surface area contributed by atoms with Gasteiger partial charge in [0.25, 0.3) is 0 Å². The molecule has 0 radical (unpaired) electrons. The SMILES string of the molecule is CC.CN=O.Nc1ccccc1NCC1CCC(C(=O)O)CC1. The third-order valence-electron chi connectivity index (χ3n) is 3.74. The minimum absolute atomic E-state index is 0.136. The van der Waals surface area contributed by atoms with Gasteiger partial charge in [-0.25, -0.2) is 0 Å². The summed E-state index contributed by atoms with van der Waals surface area (Å²) < 4.78 is 0. The highest BCUT2D eigenvalue weighted by molar-refractivity contribution is 5.70. The third kappa shape index (κ3) is 8.18. The average Bonchev–Trinajstić information content (AvgIpc) is 2.57. The van der Waals surface area contributed by atoms with E-state index in [-0.39, 0.29) is 5.92 Å². The molecule has 4 N–H and O–H groups in total. The second-order valence-corrected chi connectivity index (χ2v) is 5.21. The first-order chi connectivity index (χ1) is 11.1. The van der Waals surface area contributed by atoms with Crippen molar-refractivity contribution in [3.8, 4) is 0 Å². The monoisotopic (exact) mass is 323 g/mol. The van der Waals surface area contributed by atoms with Crippen LogP contribution >= 0.6 is 0 Å². The van der Waals surface area contributed by atoms with Crippen LogP contribution in [0.15, 0.2) is 29.4 Å². The van der Waals surface area contributed by atoms with E-state index in [1.54, 1.807) is 0 Å². The average molecular weight is 323 g/mol. The number of para-hydroxylation sites is 2. The zero-order valence-corrected chi connectivity index (χ0v) is 14.3. The van der Waals surface area contributed by atoms with E-state index in [2.05, 4.69) is 10.5 Å². The Morgan fingerprint density at radius 1 is 1.26 bits per heavy atom. The van der Waals surface area contributed by atoms with Crippen molar-refractivity contribution < 1.29 is 9.90 Å². The zero-order chi connectivity index (χ0) is 17.7. The number of rotatable bonds is 4. The molecule has 1 aromatic carbocycles. The van der Waals surface area contributed by atoms with Crippen LogP contribution in [0.25, 0.3) is 0 Å². The molecule has 6 heteroatoms. The molecule has 1 aliphatic carbocycles. The maximum absolute atomic E-state index is 10.9. The van der Waals surface area contributed by atoms with Crippen LogP contribution in [-0.2, 0) is 4.79 Å². The van der Waals surface area contributed by atoms with Crippen molar-refractivity contribution in [3.63, 3.8) is 0 Å². The van der Waals surface area contributed by atoms with Crippen molar-refractivity contribution in [1.82, 2.24) is 0 Å². The predicted molar refractivity (Wildman–Crippen MR) is 95.5 cm³/mol. The number of aliphatic carboxylic acids is 1. The van der Waals surface area contributed by atoms with Crippen LogP contribution in [0.2, 0.25) is 0 Å². The summed E-state index contributed by atoms with van der Waals surface area (Å²) >= 11 is 0. The van der Waals surface area contributed by atoms with Gasteiger partial charge in [-0.2, -0.15) is 4.91 Å². The third-order valence-corrected chi connectivity index (χ3v) is 3.74. The molecular weight excluding hydrogens is 294 g/mol. The first-order valence-electron chi connectivity index (χ1n) is 8.11. The van der Waals surface area contributed by atoms with Gasteiger partial charge in [-0.05, 0) is 43.7 Å². The molecule has 0 atom stereocenters. The van der Waals surface area contributed by atoms with Crippen molar-refractivity contribution in [2.75, 3.05) is 24.6 Å². The van der Waals surface area contributed by atoms with Gasteiger partial charge in [0, 0.05) is 6.54 Å². The smallest absolute Gasteiger partial charge is 0.306 e. The first kappa shape index (κ1) is 20.9. The number of hydrogen-bond acceptors (Lipinski definition) is 5. The minimum atomic E-state index is -0.645. The lowest BCUT2D eigenvalue weighted by molar-refractivity contribution is -0.143. The van der Waals surface area contributed by atoms with Crippen LogP contribution in [0.3, 0.4) is 0 Å². The highest BCUT2D eigenvalue weighted by atomic mass is 16.4. The molecule has 130 valence electrons. The lowest BCUT2D eigenvalue weighted by Gasteiger charge is -2.26. The van der Waals surface area contributed by atoms with E-state index in [1.165, 1.54) is 7.05 Å². The molecule has 2 rings (SSSR count). The summed E-state index contributed by atoms with van der Waals surface area (Å²) in [5.74, 6) is -0.225. The van der Waals surface area contributed by atoms with Crippen LogP contribution in [0, 0.1) is 16.7 Å². The lowest BCUT2D eigenvalue weighted by Crippen LogP contribution is -2.25. The summed E-state index contributed by atoms with van der Waals surface area (Å²) in [6.07, 6.45) is 3.56. The van der Waals surface area contributed by atoms with Crippen LogP contribution in [0.4, 0.5) is 11.4 Å². The number of carboxylic acid groups (broad SMARTS) is 1. The molecule has 0 spiro atoms. The number of hydrogen-bond donors (Lipinski definition) is 3. The molecule has 1 saturated carbocycles. The number of nitrogens with two attached hydrogens (primary N) is 1. The molecule has 0 aromatic heterocycles. The largest absolute Gasteiger partial charge is 0.481 e. The number of carboxylic acids is 1. The van der Waals surface area contributed by atoms with Crippen molar-refractivity contribution >= 4 is 17.3 Å². The standard InChI is InChI=1S/C14H20N2O2.C2H6.CH3NO/c15-12-3-1-2-4-13(12)16-9-10-5-7-11(8-6-10)14(17)18;1-2;1-2-3/h1-4,10-11,16H,5-9,15H2,(H,17,18);1-2H3;1H3. The molecule has 0 unspecified atom stereocenters. The fraction of sp³-hybridized carbons (Fsp3) is 0.588. The quantitative estimate of drug-likeness (QED) is 0.574. The van der Waals surface area contributed by atoms with Crippen LogP contribution in [-0.4, -0.2) is 24.7 Å². The van der Waals surface area contributed by atoms with E-state index >= 15 is 0 Å². The van der Waals surface area contributed by atoms with Gasteiger partial charge in [0.05, 0.1) is 24.3 Å². The normalized spacial score (nSPS) is 19.3. The van der Waals surface area contributed by atoms with Gasteiger partial charge in [-0.1, -0.05) is 31.2 Å². The van der Waals surface area contributed by atoms with E-state index in [9.17, 15) is 4.79 Å². The zero-order valence-electron chi connectivity index (χ0n) is 14.3. The predicted octanol–water partition coefficient (Wildman–Crippen LogP) is 3.98. The van der Waals surface area contributed by atoms with Gasteiger partial charge in [-0.15, -0.1) is 0 Å². The Balaban J connectivity index is 0.000000868. The van der Waals surface area contributed by atoms with Gasteiger partial charge in [-0.3, -0.25) is 4.79 Å². The fourth-order valence-electron chi connectivity index (χ4n) is 2.53. The summed E-state index contributed by atoms with van der Waals surface area (Å²) in [5.41, 5.74) is 7.59. The Kier molecular flexibility index (Phi) is 11.3. The Bertz CT molecular complexity index is 458. The van der Waals surface area contributed by atoms with Gasteiger partial charge < -0.3 is 16.2 Å². The Morgan fingerprint density at radius 3 is 2.26 bits per heavy atom. The van der Waals surface area contributed by atoms with Gasteiger partial charge >= 0.3 is 5.97 Å². The second-order valence-electron chi connectivity index (χ2n) is 5.21. The molecule has 0 heterocycles. The summed E-state index contributed by atoms with van der Waals surface area (Å²) in [6, 6.07) is 7.72. The Hall–Kier alpha value is -2.11. The number of benzene rings is 1. The van der Waals surface area contributed by atoms with Crippen molar-refractivity contribution in [3.05, 3.63) is 29.2 Å². The molecule has 23 heavy (non-hydrogen) atoms. The number of nitrogens with one attached hydrogen (secondary N) is 1. The highest BCUT2D eigenvalue weighted by Crippen LogP contribution is 2.29. The molecule has 0 aliphatic heterocycles. The van der Waals surface area contributed by atoms with E-state index in [4.69, 9.17) is 15.7 Å². The topological polar surface area (TPSA) is 105 Å². The number of anilines is 2. The van der Waals surface area contributed by atoms with Crippen molar-refractivity contribution in [2.24, 2.45) is 17.0 Å². The number of nitrogens with zero attached hydrogens (tertiary/aromatic N) is 1. The maximum Gasteiger partial charge on any atom is 0.306 e. The van der Waals surface area contributed by atoms with E-state index < -0.39 is 5.97 Å². The van der Waals surface area contributed by atoms with Crippen molar-refractivity contribution in [2.45, 2.75) is 39.5 Å². The maximum atomic E-state index is 10.9. The number of nitrogen functional groups attached to an aromatic ring is 1. The van der Waals surface area contributed by atoms with E-state index in [0.29, 0.717) is 5.92 Å².